The number of fused-ring (bicyclic) bond motifs is 2. The molecule has 10 nitrogen and oxygen atoms in total. The van der Waals surface area contributed by atoms with Crippen molar-refractivity contribution >= 4 is 40.0 Å². The highest BCUT2D eigenvalue weighted by molar-refractivity contribution is 9.09. The Kier molecular flexibility index (Phi) is 24.2. The number of nitrogens with one attached hydrogen (secondary N) is 1. The average molecular weight is 1100 g/mol. The summed E-state index contributed by atoms with van der Waals surface area (Å²) in [5.74, 6) is 2.19. The van der Waals surface area contributed by atoms with Crippen LogP contribution in [-0.4, -0.2) is 129 Å². The molecule has 0 unspecified atom stereocenters. The summed E-state index contributed by atoms with van der Waals surface area (Å²) in [6, 6.07) is 28.2. The number of hydrogen-bond acceptors (Lipinski definition) is 10. The van der Waals surface area contributed by atoms with E-state index in [2.05, 4.69) is 169 Å². The molecule has 0 atom stereocenters. The molecule has 0 saturated carbocycles. The highest BCUT2D eigenvalue weighted by Gasteiger charge is 2.38. The van der Waals surface area contributed by atoms with E-state index >= 15 is 0 Å². The quantitative estimate of drug-likeness (QED) is 0.0621. The summed E-state index contributed by atoms with van der Waals surface area (Å²) in [6.07, 6.45) is 13.3. The molecule has 412 valence electrons. The van der Waals surface area contributed by atoms with Crippen LogP contribution < -0.4 is 15.1 Å². The first-order valence-electron chi connectivity index (χ1n) is 27.9. The van der Waals surface area contributed by atoms with Gasteiger partial charge in [0.05, 0.1) is 24.6 Å². The Hall–Kier alpha value is -3.13. The number of aromatic nitrogens is 2. The van der Waals surface area contributed by atoms with Crippen LogP contribution in [0.3, 0.4) is 0 Å². The van der Waals surface area contributed by atoms with Gasteiger partial charge < -0.3 is 34.8 Å². The molecule has 3 N–H and O–H groups in total. The van der Waals surface area contributed by atoms with Crippen molar-refractivity contribution in [2.24, 2.45) is 0 Å². The zero-order valence-corrected chi connectivity index (χ0v) is 49.7. The zero-order valence-electron chi connectivity index (χ0n) is 47.3. The first kappa shape index (κ1) is 61.7. The predicted molar refractivity (Wildman–Crippen MR) is 317 cm³/mol. The number of unbranched alkanes of at least 4 members (excludes halogenated alkanes) is 2. The number of rotatable bonds is 19. The summed E-state index contributed by atoms with van der Waals surface area (Å²) >= 11 is 3.18. The molecule has 8 rings (SSSR count). The number of nitrogens with zero attached hydrogens (tertiary/aromatic N) is 5. The summed E-state index contributed by atoms with van der Waals surface area (Å²) in [4.78, 5) is 17.7. The molecule has 4 aromatic rings. The lowest BCUT2D eigenvalue weighted by molar-refractivity contribution is 0.105. The topological polar surface area (TPSA) is 106 Å². The van der Waals surface area contributed by atoms with Gasteiger partial charge in [-0.05, 0) is 170 Å². The number of anilines is 2. The largest absolute Gasteiger partial charge is 0.396 e. The molecular formula is C62H96BrClN6O4. The van der Waals surface area contributed by atoms with Crippen molar-refractivity contribution in [2.45, 2.75) is 166 Å². The van der Waals surface area contributed by atoms with Crippen LogP contribution in [0.5, 0.6) is 0 Å². The molecule has 74 heavy (non-hydrogen) atoms. The van der Waals surface area contributed by atoms with Gasteiger partial charge in [0, 0.05) is 88.7 Å². The van der Waals surface area contributed by atoms with Crippen molar-refractivity contribution in [1.82, 2.24) is 20.2 Å². The maximum atomic E-state index is 9.18. The molecule has 4 aliphatic rings. The van der Waals surface area contributed by atoms with E-state index in [9.17, 15) is 5.11 Å². The van der Waals surface area contributed by atoms with Crippen LogP contribution in [0, 0.1) is 0 Å². The number of piperidine rings is 2. The van der Waals surface area contributed by atoms with Crippen LogP contribution in [0.1, 0.15) is 155 Å². The molecule has 2 aromatic heterocycles. The number of pyridine rings is 2. The van der Waals surface area contributed by atoms with Gasteiger partial charge in [0.15, 0.2) is 0 Å². The Bertz CT molecular complexity index is 2290. The van der Waals surface area contributed by atoms with Crippen molar-refractivity contribution < 1.29 is 19.7 Å². The first-order chi connectivity index (χ1) is 35.0. The number of alkyl halides is 1. The van der Waals surface area contributed by atoms with Crippen LogP contribution in [0.15, 0.2) is 72.8 Å². The van der Waals surface area contributed by atoms with Gasteiger partial charge in [0.2, 0.25) is 0 Å². The van der Waals surface area contributed by atoms with E-state index in [1.807, 2.05) is 0 Å². The van der Waals surface area contributed by atoms with E-state index in [0.29, 0.717) is 18.7 Å². The van der Waals surface area contributed by atoms with Gasteiger partial charge in [0.25, 0.3) is 0 Å². The summed E-state index contributed by atoms with van der Waals surface area (Å²) in [6.45, 7) is 28.3. The minimum atomic E-state index is 0. The fraction of sp³-hybridized carbons (Fsp3) is 0.645. The van der Waals surface area contributed by atoms with Crippen LogP contribution in [0.2, 0.25) is 0 Å². The lowest BCUT2D eigenvalue weighted by Gasteiger charge is -2.42. The van der Waals surface area contributed by atoms with Crippen molar-refractivity contribution in [3.63, 3.8) is 0 Å². The van der Waals surface area contributed by atoms with Crippen LogP contribution in [0.4, 0.5) is 11.6 Å². The maximum Gasteiger partial charge on any atom is 0.129 e. The van der Waals surface area contributed by atoms with Gasteiger partial charge in [-0.3, -0.25) is 4.90 Å². The molecule has 0 spiro atoms. The van der Waals surface area contributed by atoms with Gasteiger partial charge in [-0.2, -0.15) is 0 Å². The second-order valence-electron chi connectivity index (χ2n) is 23.8. The normalized spacial score (nSPS) is 18.8. The van der Waals surface area contributed by atoms with E-state index in [-0.39, 0.29) is 40.7 Å². The lowest BCUT2D eigenvalue weighted by Crippen LogP contribution is -2.46. The second kappa shape index (κ2) is 29.0. The Balaban J connectivity index is 0.000000249. The first-order valence-corrected chi connectivity index (χ1v) is 29.1. The van der Waals surface area contributed by atoms with Crippen molar-refractivity contribution in [3.05, 3.63) is 95.1 Å². The van der Waals surface area contributed by atoms with Gasteiger partial charge in [-0.1, -0.05) is 108 Å². The Morgan fingerprint density at radius 3 is 1.46 bits per heavy atom. The number of aliphatic hydroxyl groups is 2. The summed E-state index contributed by atoms with van der Waals surface area (Å²) in [7, 11) is 3.46. The zero-order chi connectivity index (χ0) is 52.7. The Morgan fingerprint density at radius 1 is 0.581 bits per heavy atom. The lowest BCUT2D eigenvalue weighted by atomic mass is 9.63. The van der Waals surface area contributed by atoms with Crippen molar-refractivity contribution in [3.8, 4) is 22.5 Å². The van der Waals surface area contributed by atoms with Crippen LogP contribution in [-0.2, 0) is 31.1 Å². The fourth-order valence-electron chi connectivity index (χ4n) is 11.5. The Morgan fingerprint density at radius 2 is 1.03 bits per heavy atom. The average Bonchev–Trinajstić information content (AvgIpc) is 3.40. The molecule has 0 radical (unpaired) electrons. The van der Waals surface area contributed by atoms with Crippen LogP contribution in [0.25, 0.3) is 22.5 Å². The monoisotopic (exact) mass is 1100 g/mol. The number of benzene rings is 2. The molecule has 0 amide bonds. The Labute approximate surface area is 462 Å². The van der Waals surface area contributed by atoms with E-state index < -0.39 is 0 Å². The molecular weight excluding hydrogens is 1010 g/mol. The minimum absolute atomic E-state index is 0. The molecule has 2 saturated heterocycles. The molecule has 2 fully saturated rings. The standard InChI is InChI=1S/C31H47N3O2.C28H41N3O.C3H7BrO.ClH/c1-30(2)15-16-31(3,4)27-23-24(11-12-26(27)30)28-9-8-10-29(32-28)34-18-13-25(14-19-34)33(20-22-36-5)17-6-7-21-35;1-27(2)14-15-28(3,4)24-20-21(10-11-23(24)27)25-8-7-9-26(30-25)31-17-12-22(13-18-31)29-16-5-6-19-32;1-5-3-2-4;/h8-12,23,25,35H,6-7,13-22H2,1-5H3;7-11,20,22,29,32H,5-6,12-19H2,1-4H3;2-3H2,1H3;1H. The highest BCUT2D eigenvalue weighted by Crippen LogP contribution is 2.48. The maximum absolute atomic E-state index is 9.18. The summed E-state index contributed by atoms with van der Waals surface area (Å²) in [5, 5.41) is 22.7. The number of aliphatic hydroxyl groups excluding tert-OH is 2. The third-order valence-corrected chi connectivity index (χ3v) is 16.9. The number of halogens is 2. The van der Waals surface area contributed by atoms with Gasteiger partial charge >= 0.3 is 0 Å². The molecule has 0 bridgehead atoms. The van der Waals surface area contributed by atoms with E-state index in [0.717, 1.165) is 139 Å². The smallest absolute Gasteiger partial charge is 0.129 e. The molecule has 4 heterocycles. The number of ether oxygens (including phenoxy) is 2. The highest BCUT2D eigenvalue weighted by atomic mass is 79.9. The predicted octanol–water partition coefficient (Wildman–Crippen LogP) is 12.7. The van der Waals surface area contributed by atoms with E-state index in [1.54, 1.807) is 14.2 Å². The molecule has 2 aliphatic carbocycles. The molecule has 2 aliphatic heterocycles. The fourth-order valence-corrected chi connectivity index (χ4v) is 11.8. The molecule has 12 heteroatoms. The summed E-state index contributed by atoms with van der Waals surface area (Å²) < 4.78 is 10.0. The summed E-state index contributed by atoms with van der Waals surface area (Å²) in [5.41, 5.74) is 11.5. The van der Waals surface area contributed by atoms with E-state index in [4.69, 9.17) is 19.8 Å². The van der Waals surface area contributed by atoms with Crippen molar-refractivity contribution in [2.75, 3.05) is 102 Å². The third-order valence-electron chi connectivity index (χ3n) is 16.6. The molecule has 2 aromatic carbocycles. The van der Waals surface area contributed by atoms with Gasteiger partial charge in [-0.25, -0.2) is 9.97 Å². The van der Waals surface area contributed by atoms with Gasteiger partial charge in [0.1, 0.15) is 11.6 Å². The second-order valence-corrected chi connectivity index (χ2v) is 24.6. The van der Waals surface area contributed by atoms with Crippen LogP contribution >= 0.6 is 28.3 Å². The number of hydrogen-bond donors (Lipinski definition) is 3. The van der Waals surface area contributed by atoms with Crippen molar-refractivity contribution in [1.29, 1.82) is 0 Å². The van der Waals surface area contributed by atoms with E-state index in [1.165, 1.54) is 59.1 Å². The van der Waals surface area contributed by atoms with Gasteiger partial charge in [-0.15, -0.1) is 12.4 Å². The SMILES string of the molecule is CC1(C)CCC(C)(C)c2cc(-c3cccc(N4CCC(NCCCCO)CC4)n3)ccc21.COCCBr.COCCN(CCCCO)C1CCN(c2cccc(-c3ccc4c(c3)C(C)(C)CCC4(C)C)n2)CC1.Cl. The minimum Gasteiger partial charge on any atom is -0.396 e. The number of methoxy groups -OCH3 is 2. The third kappa shape index (κ3) is 16.7.